The number of nitrogens with one attached hydrogen (secondary N) is 2. The van der Waals surface area contributed by atoms with Gasteiger partial charge in [-0.25, -0.2) is 14.8 Å². The Morgan fingerprint density at radius 1 is 1.20 bits per heavy atom. The average Bonchev–Trinajstić information content (AvgIpc) is 3.18. The molecule has 6 rings (SSSR count). The quantitative estimate of drug-likeness (QED) is 0.680. The van der Waals surface area contributed by atoms with Crippen LogP contribution in [0.3, 0.4) is 0 Å². The van der Waals surface area contributed by atoms with E-state index >= 15 is 0 Å². The van der Waals surface area contributed by atoms with Crippen molar-refractivity contribution in [2.45, 2.75) is 56.3 Å². The van der Waals surface area contributed by atoms with Crippen molar-refractivity contribution >= 4 is 17.9 Å². The van der Waals surface area contributed by atoms with Crippen LogP contribution in [0.15, 0.2) is 12.4 Å². The zero-order chi connectivity index (χ0) is 20.9. The number of hydrogen-bond donors (Lipinski definition) is 3. The van der Waals surface area contributed by atoms with Gasteiger partial charge in [-0.3, -0.25) is 4.79 Å². The summed E-state index contributed by atoms with van der Waals surface area (Å²) in [5.41, 5.74) is -0.116. The second kappa shape index (κ2) is 7.37. The van der Waals surface area contributed by atoms with E-state index < -0.39 is 5.60 Å². The minimum atomic E-state index is -0.518. The fraction of sp³-hybridized carbons (Fsp3) is 0.714. The topological polar surface area (TPSA) is 117 Å². The molecule has 2 heterocycles. The first kappa shape index (κ1) is 19.5. The van der Waals surface area contributed by atoms with Gasteiger partial charge in [-0.05, 0) is 56.3 Å². The molecule has 1 aromatic rings. The van der Waals surface area contributed by atoms with Crippen LogP contribution in [-0.4, -0.2) is 69.9 Å². The Labute approximate surface area is 175 Å². The second-order valence-electron chi connectivity index (χ2n) is 9.49. The highest BCUT2D eigenvalue weighted by Gasteiger charge is 2.56. The monoisotopic (exact) mass is 415 g/mol. The third kappa shape index (κ3) is 3.59. The number of carbonyl (C=O) groups excluding carboxylic acids is 2. The average molecular weight is 415 g/mol. The number of anilines is 1. The highest BCUT2D eigenvalue weighted by molar-refractivity contribution is 5.93. The fourth-order valence-corrected chi connectivity index (χ4v) is 6.21. The Morgan fingerprint density at radius 2 is 1.90 bits per heavy atom. The summed E-state index contributed by atoms with van der Waals surface area (Å²) in [7, 11) is 1.56. The van der Waals surface area contributed by atoms with Crippen molar-refractivity contribution in [3.63, 3.8) is 0 Å². The molecule has 0 radical (unpaired) electrons. The molecule has 5 aliphatic rings. The molecule has 162 valence electrons. The van der Waals surface area contributed by atoms with E-state index in [1.54, 1.807) is 11.9 Å². The molecule has 0 spiro atoms. The maximum absolute atomic E-state index is 12.8. The molecule has 2 amide bonds. The van der Waals surface area contributed by atoms with Crippen LogP contribution in [0.25, 0.3) is 0 Å². The van der Waals surface area contributed by atoms with Crippen molar-refractivity contribution < 1.29 is 19.4 Å². The lowest BCUT2D eigenvalue weighted by Crippen LogP contribution is -2.58. The van der Waals surface area contributed by atoms with E-state index in [1.807, 2.05) is 0 Å². The lowest BCUT2D eigenvalue weighted by Gasteiger charge is -2.57. The Kier molecular flexibility index (Phi) is 4.80. The third-order valence-corrected chi connectivity index (χ3v) is 7.31. The lowest BCUT2D eigenvalue weighted by molar-refractivity contribution is -0.177. The molecule has 1 aliphatic heterocycles. The van der Waals surface area contributed by atoms with E-state index in [0.717, 1.165) is 38.5 Å². The van der Waals surface area contributed by atoms with Crippen molar-refractivity contribution in [1.82, 2.24) is 20.2 Å². The van der Waals surface area contributed by atoms with Gasteiger partial charge in [-0.2, -0.15) is 0 Å². The van der Waals surface area contributed by atoms with E-state index in [-0.39, 0.29) is 24.1 Å². The van der Waals surface area contributed by atoms with Gasteiger partial charge < -0.3 is 25.4 Å². The molecule has 30 heavy (non-hydrogen) atoms. The van der Waals surface area contributed by atoms with Gasteiger partial charge in [0.15, 0.2) is 0 Å². The van der Waals surface area contributed by atoms with Crippen LogP contribution in [-0.2, 0) is 4.74 Å². The van der Waals surface area contributed by atoms with E-state index in [2.05, 4.69) is 20.6 Å². The molecule has 3 N–H and O–H groups in total. The van der Waals surface area contributed by atoms with Gasteiger partial charge in [0.2, 0.25) is 5.95 Å². The summed E-state index contributed by atoms with van der Waals surface area (Å²) in [4.78, 5) is 34.5. The van der Waals surface area contributed by atoms with Crippen LogP contribution < -0.4 is 10.6 Å². The fourth-order valence-electron chi connectivity index (χ4n) is 6.21. The van der Waals surface area contributed by atoms with E-state index in [0.29, 0.717) is 42.4 Å². The second-order valence-corrected chi connectivity index (χ2v) is 9.49. The first-order chi connectivity index (χ1) is 14.4. The Morgan fingerprint density at radius 3 is 2.53 bits per heavy atom. The van der Waals surface area contributed by atoms with Crippen LogP contribution in [0.5, 0.6) is 0 Å². The van der Waals surface area contributed by atoms with Crippen molar-refractivity contribution in [1.29, 1.82) is 0 Å². The van der Waals surface area contributed by atoms with Crippen LogP contribution in [0, 0.1) is 17.8 Å². The molecule has 3 unspecified atom stereocenters. The maximum Gasteiger partial charge on any atom is 0.410 e. The lowest BCUT2D eigenvalue weighted by atomic mass is 9.53. The molecule has 1 saturated heterocycles. The number of aromatic nitrogens is 2. The van der Waals surface area contributed by atoms with Gasteiger partial charge in [0.1, 0.15) is 6.10 Å². The Bertz CT molecular complexity index is 815. The SMILES string of the molecule is CNC(=O)c1cnc(NC2CCN(C(=O)OC3C4CC5CC3CC(O)(C5)C4)C2)nc1. The van der Waals surface area contributed by atoms with Gasteiger partial charge >= 0.3 is 6.09 Å². The third-order valence-electron chi connectivity index (χ3n) is 7.31. The first-order valence-corrected chi connectivity index (χ1v) is 10.9. The van der Waals surface area contributed by atoms with Crippen molar-refractivity contribution in [3.8, 4) is 0 Å². The number of ether oxygens (including phenoxy) is 1. The summed E-state index contributed by atoms with van der Waals surface area (Å²) < 4.78 is 5.98. The van der Waals surface area contributed by atoms with Gasteiger partial charge in [0, 0.05) is 38.6 Å². The molecule has 4 aliphatic carbocycles. The van der Waals surface area contributed by atoms with Crippen molar-refractivity contribution in [2.24, 2.45) is 17.8 Å². The predicted octanol–water partition coefficient (Wildman–Crippen LogP) is 1.40. The summed E-state index contributed by atoms with van der Waals surface area (Å²) in [6.45, 7) is 1.16. The molecule has 0 aromatic carbocycles. The van der Waals surface area contributed by atoms with Crippen LogP contribution in [0.1, 0.15) is 48.9 Å². The smallest absolute Gasteiger partial charge is 0.410 e. The highest BCUT2D eigenvalue weighted by atomic mass is 16.6. The molecule has 4 bridgehead atoms. The number of aliphatic hydroxyl groups is 1. The Hall–Kier alpha value is -2.42. The van der Waals surface area contributed by atoms with Gasteiger partial charge in [0.25, 0.3) is 5.91 Å². The van der Waals surface area contributed by atoms with E-state index in [1.165, 1.54) is 12.4 Å². The summed E-state index contributed by atoms with van der Waals surface area (Å²) >= 11 is 0. The maximum atomic E-state index is 12.8. The molecular formula is C21H29N5O4. The van der Waals surface area contributed by atoms with E-state index in [4.69, 9.17) is 4.74 Å². The first-order valence-electron chi connectivity index (χ1n) is 10.9. The number of nitrogens with zero attached hydrogens (tertiary/aromatic N) is 3. The summed E-state index contributed by atoms with van der Waals surface area (Å²) in [5, 5.41) is 16.5. The van der Waals surface area contributed by atoms with Crippen molar-refractivity contribution in [2.75, 3.05) is 25.5 Å². The summed E-state index contributed by atoms with van der Waals surface area (Å²) in [6.07, 6.45) is 8.05. The van der Waals surface area contributed by atoms with E-state index in [9.17, 15) is 14.7 Å². The van der Waals surface area contributed by atoms with Crippen LogP contribution in [0.2, 0.25) is 0 Å². The number of carbonyl (C=O) groups is 2. The normalized spacial score (nSPS) is 36.6. The highest BCUT2D eigenvalue weighted by Crippen LogP contribution is 2.56. The molecule has 3 atom stereocenters. The summed E-state index contributed by atoms with van der Waals surface area (Å²) in [5.74, 6) is 1.41. The summed E-state index contributed by atoms with van der Waals surface area (Å²) in [6, 6.07) is 0.0441. The molecule has 1 aromatic heterocycles. The Balaban J connectivity index is 1.15. The number of likely N-dealkylation sites (tertiary alicyclic amines) is 1. The minimum Gasteiger partial charge on any atom is -0.446 e. The van der Waals surface area contributed by atoms with Crippen molar-refractivity contribution in [3.05, 3.63) is 18.0 Å². The molecular weight excluding hydrogens is 386 g/mol. The zero-order valence-electron chi connectivity index (χ0n) is 17.2. The minimum absolute atomic E-state index is 0.0441. The standard InChI is InChI=1S/C21H29N5O4/c1-22-18(27)15-9-23-19(24-10-15)25-16-2-3-26(11-16)20(28)30-17-13-4-12-5-14(17)8-21(29,6-12)7-13/h9-10,12-14,16-17,29H,2-8,11H2,1H3,(H,22,27)(H,23,24,25). The van der Waals surface area contributed by atoms with Gasteiger partial charge in [0.05, 0.1) is 11.2 Å². The number of rotatable bonds is 4. The number of amides is 2. The van der Waals surface area contributed by atoms with Gasteiger partial charge in [-0.15, -0.1) is 0 Å². The largest absolute Gasteiger partial charge is 0.446 e. The van der Waals surface area contributed by atoms with Crippen LogP contribution >= 0.6 is 0 Å². The van der Waals surface area contributed by atoms with Crippen LogP contribution in [0.4, 0.5) is 10.7 Å². The molecule has 9 nitrogen and oxygen atoms in total. The molecule has 9 heteroatoms. The predicted molar refractivity (Wildman–Crippen MR) is 108 cm³/mol. The zero-order valence-corrected chi connectivity index (χ0v) is 17.2. The van der Waals surface area contributed by atoms with Gasteiger partial charge in [-0.1, -0.05) is 0 Å². The number of hydrogen-bond acceptors (Lipinski definition) is 7. The molecule has 5 fully saturated rings. The molecule has 4 saturated carbocycles.